The highest BCUT2D eigenvalue weighted by atomic mass is 32.1. The largest absolute Gasteiger partial charge is 0.490 e. The molecule has 0 fully saturated rings. The molecular formula is C16H21NO3S. The van der Waals surface area contributed by atoms with Crippen molar-refractivity contribution in [1.82, 2.24) is 4.98 Å². The maximum Gasteiger partial charge on any atom is 0.161 e. The van der Waals surface area contributed by atoms with Crippen molar-refractivity contribution in [3.8, 4) is 11.5 Å². The van der Waals surface area contributed by atoms with E-state index in [4.69, 9.17) is 9.47 Å². The monoisotopic (exact) mass is 307 g/mol. The van der Waals surface area contributed by atoms with Crippen molar-refractivity contribution < 1.29 is 14.6 Å². The molecule has 2 rings (SSSR count). The minimum Gasteiger partial charge on any atom is -0.490 e. The van der Waals surface area contributed by atoms with Gasteiger partial charge in [-0.05, 0) is 37.5 Å². The van der Waals surface area contributed by atoms with Crippen molar-refractivity contribution in [2.75, 3.05) is 6.61 Å². The first kappa shape index (κ1) is 15.8. The summed E-state index contributed by atoms with van der Waals surface area (Å²) >= 11 is 1.67. The van der Waals surface area contributed by atoms with Crippen LogP contribution in [0.1, 0.15) is 36.5 Å². The molecule has 1 heterocycles. The second-order valence-electron chi connectivity index (χ2n) is 4.64. The molecule has 1 aromatic heterocycles. The first-order chi connectivity index (χ1) is 10.3. The van der Waals surface area contributed by atoms with Crippen LogP contribution in [0.5, 0.6) is 11.5 Å². The van der Waals surface area contributed by atoms with Gasteiger partial charge in [0.1, 0.15) is 6.61 Å². The molecule has 0 spiro atoms. The number of aromatic nitrogens is 1. The molecule has 0 unspecified atom stereocenters. The quantitative estimate of drug-likeness (QED) is 0.810. The van der Waals surface area contributed by atoms with Crippen LogP contribution in [0, 0.1) is 0 Å². The number of thiazole rings is 1. The average molecular weight is 307 g/mol. The highest BCUT2D eigenvalue weighted by Gasteiger charge is 2.08. The first-order valence-electron chi connectivity index (χ1n) is 7.19. The Morgan fingerprint density at radius 1 is 1.19 bits per heavy atom. The van der Waals surface area contributed by atoms with Crippen molar-refractivity contribution >= 4 is 11.3 Å². The van der Waals surface area contributed by atoms with E-state index in [2.05, 4.69) is 11.9 Å². The molecule has 5 heteroatoms. The molecule has 1 aromatic carbocycles. The molecule has 114 valence electrons. The summed E-state index contributed by atoms with van der Waals surface area (Å²) in [5.41, 5.74) is 1.75. The number of benzene rings is 1. The maximum atomic E-state index is 9.18. The van der Waals surface area contributed by atoms with Crippen molar-refractivity contribution in [2.45, 2.75) is 39.9 Å². The van der Waals surface area contributed by atoms with Crippen molar-refractivity contribution in [2.24, 2.45) is 0 Å². The normalized spacial score (nSPS) is 10.6. The van der Waals surface area contributed by atoms with Crippen LogP contribution in [-0.4, -0.2) is 16.7 Å². The number of aryl methyl sites for hydroxylation is 1. The number of aliphatic hydroxyl groups is 1. The molecular weight excluding hydrogens is 286 g/mol. The summed E-state index contributed by atoms with van der Waals surface area (Å²) in [7, 11) is 0. The van der Waals surface area contributed by atoms with E-state index >= 15 is 0 Å². The SMILES string of the molecule is CCCc1nc(COc2ccc(CO)cc2OCC)cs1. The van der Waals surface area contributed by atoms with Crippen molar-refractivity contribution in [1.29, 1.82) is 0 Å². The second kappa shape index (κ2) is 8.00. The number of nitrogens with zero attached hydrogens (tertiary/aromatic N) is 1. The highest BCUT2D eigenvalue weighted by molar-refractivity contribution is 7.09. The molecule has 2 aromatic rings. The fraction of sp³-hybridized carbons (Fsp3) is 0.438. The lowest BCUT2D eigenvalue weighted by Crippen LogP contribution is -2.01. The van der Waals surface area contributed by atoms with Gasteiger partial charge in [0.05, 0.1) is 23.9 Å². The first-order valence-corrected chi connectivity index (χ1v) is 8.07. The van der Waals surface area contributed by atoms with Crippen LogP contribution in [0.15, 0.2) is 23.6 Å². The van der Waals surface area contributed by atoms with E-state index in [1.807, 2.05) is 30.5 Å². The number of aliphatic hydroxyl groups excluding tert-OH is 1. The van der Waals surface area contributed by atoms with Crippen LogP contribution in [0.4, 0.5) is 0 Å². The summed E-state index contributed by atoms with van der Waals surface area (Å²) in [5.74, 6) is 1.34. The lowest BCUT2D eigenvalue weighted by molar-refractivity contribution is 0.262. The molecule has 1 N–H and O–H groups in total. The lowest BCUT2D eigenvalue weighted by Gasteiger charge is -2.12. The van der Waals surface area contributed by atoms with Gasteiger partial charge < -0.3 is 14.6 Å². The van der Waals surface area contributed by atoms with E-state index in [0.29, 0.717) is 24.7 Å². The molecule has 0 amide bonds. The van der Waals surface area contributed by atoms with Gasteiger partial charge in [-0.25, -0.2) is 4.98 Å². The average Bonchev–Trinajstić information content (AvgIpc) is 2.94. The zero-order valence-electron chi connectivity index (χ0n) is 12.5. The summed E-state index contributed by atoms with van der Waals surface area (Å²) in [6.07, 6.45) is 2.12. The Balaban J connectivity index is 2.04. The Bertz CT molecular complexity index is 568. The minimum atomic E-state index is -0.00712. The predicted octanol–water partition coefficient (Wildman–Crippen LogP) is 3.57. The molecule has 21 heavy (non-hydrogen) atoms. The molecule has 0 aliphatic rings. The molecule has 0 aliphatic heterocycles. The molecule has 0 aliphatic carbocycles. The molecule has 4 nitrogen and oxygen atoms in total. The van der Waals surface area contributed by atoms with Gasteiger partial charge in [0, 0.05) is 5.38 Å². The third-order valence-corrected chi connectivity index (χ3v) is 3.89. The van der Waals surface area contributed by atoms with Crippen molar-refractivity contribution in [3.05, 3.63) is 39.8 Å². The highest BCUT2D eigenvalue weighted by Crippen LogP contribution is 2.29. The van der Waals surface area contributed by atoms with E-state index in [1.54, 1.807) is 11.3 Å². The van der Waals surface area contributed by atoms with E-state index in [-0.39, 0.29) is 6.61 Å². The standard InChI is InChI=1S/C16H21NO3S/c1-3-5-16-17-13(11-21-16)10-20-14-7-6-12(9-18)8-15(14)19-4-2/h6-8,11,18H,3-5,9-10H2,1-2H3. The van der Waals surface area contributed by atoms with Crippen LogP contribution < -0.4 is 9.47 Å². The predicted molar refractivity (Wildman–Crippen MR) is 84.0 cm³/mol. The smallest absolute Gasteiger partial charge is 0.161 e. The zero-order valence-corrected chi connectivity index (χ0v) is 13.3. The Morgan fingerprint density at radius 3 is 2.76 bits per heavy atom. The number of hydrogen-bond donors (Lipinski definition) is 1. The fourth-order valence-corrected chi connectivity index (χ4v) is 2.82. The Labute approximate surface area is 129 Å². The van der Waals surface area contributed by atoms with Crippen molar-refractivity contribution in [3.63, 3.8) is 0 Å². The summed E-state index contributed by atoms with van der Waals surface area (Å²) in [6.45, 7) is 5.05. The van der Waals surface area contributed by atoms with Gasteiger partial charge in [0.2, 0.25) is 0 Å². The number of rotatable bonds is 8. The van der Waals surface area contributed by atoms with Crippen LogP contribution >= 0.6 is 11.3 Å². The Hall–Kier alpha value is -1.59. The van der Waals surface area contributed by atoms with Crippen LogP contribution in [-0.2, 0) is 19.6 Å². The second-order valence-corrected chi connectivity index (χ2v) is 5.59. The minimum absolute atomic E-state index is 0.00712. The van der Waals surface area contributed by atoms with Gasteiger partial charge >= 0.3 is 0 Å². The summed E-state index contributed by atoms with van der Waals surface area (Å²) in [6, 6.07) is 5.47. The zero-order chi connectivity index (χ0) is 15.1. The van der Waals surface area contributed by atoms with Gasteiger partial charge in [-0.15, -0.1) is 11.3 Å². The van der Waals surface area contributed by atoms with Crippen LogP contribution in [0.3, 0.4) is 0 Å². The lowest BCUT2D eigenvalue weighted by atomic mass is 10.2. The summed E-state index contributed by atoms with van der Waals surface area (Å²) < 4.78 is 11.4. The third-order valence-electron chi connectivity index (χ3n) is 2.93. The third kappa shape index (κ3) is 4.44. The number of ether oxygens (including phenoxy) is 2. The summed E-state index contributed by atoms with van der Waals surface area (Å²) in [5, 5.41) is 12.4. The van der Waals surface area contributed by atoms with E-state index in [1.165, 1.54) is 0 Å². The summed E-state index contributed by atoms with van der Waals surface area (Å²) in [4.78, 5) is 4.54. The van der Waals surface area contributed by atoms with Crippen LogP contribution in [0.2, 0.25) is 0 Å². The topological polar surface area (TPSA) is 51.6 Å². The Kier molecular flexibility index (Phi) is 6.02. The van der Waals surface area contributed by atoms with Gasteiger partial charge in [0.15, 0.2) is 11.5 Å². The maximum absolute atomic E-state index is 9.18. The molecule has 0 bridgehead atoms. The van der Waals surface area contributed by atoms with Gasteiger partial charge in [-0.3, -0.25) is 0 Å². The molecule has 0 radical (unpaired) electrons. The molecule has 0 saturated carbocycles. The van der Waals surface area contributed by atoms with E-state index in [9.17, 15) is 5.11 Å². The van der Waals surface area contributed by atoms with Gasteiger partial charge in [-0.1, -0.05) is 13.0 Å². The van der Waals surface area contributed by atoms with E-state index in [0.717, 1.165) is 29.1 Å². The molecule has 0 saturated heterocycles. The Morgan fingerprint density at radius 2 is 2.05 bits per heavy atom. The number of hydrogen-bond acceptors (Lipinski definition) is 5. The van der Waals surface area contributed by atoms with E-state index < -0.39 is 0 Å². The molecule has 0 atom stereocenters. The fourth-order valence-electron chi connectivity index (χ4n) is 1.93. The van der Waals surface area contributed by atoms with Gasteiger partial charge in [-0.2, -0.15) is 0 Å². The van der Waals surface area contributed by atoms with Crippen LogP contribution in [0.25, 0.3) is 0 Å². The van der Waals surface area contributed by atoms with Gasteiger partial charge in [0.25, 0.3) is 0 Å².